The molecule has 3 fully saturated rings. The average molecular weight is 420 g/mol. The summed E-state index contributed by atoms with van der Waals surface area (Å²) in [6.45, 7) is 5.03. The Morgan fingerprint density at radius 3 is 2.42 bits per heavy atom. The van der Waals surface area contributed by atoms with Gasteiger partial charge in [-0.3, -0.25) is 9.80 Å². The number of aryl methyl sites for hydroxylation is 1. The summed E-state index contributed by atoms with van der Waals surface area (Å²) in [7, 11) is 4.37. The molecule has 2 aromatic rings. The molecule has 1 aromatic heterocycles. The van der Waals surface area contributed by atoms with E-state index in [1.807, 2.05) is 23.2 Å². The number of aromatic nitrogens is 1. The van der Waals surface area contributed by atoms with Crippen molar-refractivity contribution in [2.45, 2.75) is 50.1 Å². The maximum Gasteiger partial charge on any atom is 0.322 e. The van der Waals surface area contributed by atoms with Crippen LogP contribution in [0.3, 0.4) is 0 Å². The second-order valence-corrected chi connectivity index (χ2v) is 9.81. The first-order valence-electron chi connectivity index (χ1n) is 11.5. The minimum absolute atomic E-state index is 0.00593. The van der Waals surface area contributed by atoms with Gasteiger partial charge in [0.2, 0.25) is 0 Å². The number of nitrogens with zero attached hydrogens (tertiary/aromatic N) is 4. The van der Waals surface area contributed by atoms with Crippen molar-refractivity contribution in [2.75, 3.05) is 43.5 Å². The van der Waals surface area contributed by atoms with E-state index in [0.717, 1.165) is 50.3 Å². The van der Waals surface area contributed by atoms with E-state index in [4.69, 9.17) is 0 Å². The predicted molar refractivity (Wildman–Crippen MR) is 125 cm³/mol. The fourth-order valence-electron chi connectivity index (χ4n) is 5.54. The van der Waals surface area contributed by atoms with Gasteiger partial charge in [-0.15, -0.1) is 0 Å². The van der Waals surface area contributed by atoms with Crippen LogP contribution in [0.2, 0.25) is 0 Å². The average Bonchev–Trinajstić information content (AvgIpc) is 3.04. The van der Waals surface area contributed by atoms with Gasteiger partial charge in [-0.05, 0) is 70.8 Å². The summed E-state index contributed by atoms with van der Waals surface area (Å²) in [5.41, 5.74) is 3.45. The molecule has 1 N–H and O–H groups in total. The Morgan fingerprint density at radius 2 is 1.84 bits per heavy atom. The number of amides is 2. The first-order chi connectivity index (χ1) is 14.9. The highest BCUT2D eigenvalue weighted by Gasteiger charge is 2.50. The largest absolute Gasteiger partial charge is 0.356 e. The molecule has 1 aliphatic carbocycles. The van der Waals surface area contributed by atoms with Crippen LogP contribution in [-0.2, 0) is 5.54 Å². The van der Waals surface area contributed by atoms with Crippen molar-refractivity contribution < 1.29 is 4.79 Å². The highest BCUT2D eigenvalue weighted by atomic mass is 16.2. The molecule has 6 nitrogen and oxygen atoms in total. The van der Waals surface area contributed by atoms with Crippen LogP contribution < -0.4 is 15.1 Å². The zero-order chi connectivity index (χ0) is 21.6. The quantitative estimate of drug-likeness (QED) is 0.817. The molecule has 2 saturated heterocycles. The molecule has 164 valence electrons. The first kappa shape index (κ1) is 20.3. The van der Waals surface area contributed by atoms with Crippen LogP contribution in [0.4, 0.5) is 16.3 Å². The monoisotopic (exact) mass is 419 g/mol. The van der Waals surface area contributed by atoms with Gasteiger partial charge in [0, 0.05) is 18.6 Å². The van der Waals surface area contributed by atoms with Crippen LogP contribution in [-0.4, -0.2) is 55.2 Å². The summed E-state index contributed by atoms with van der Waals surface area (Å²) in [5.74, 6) is 1.01. The topological polar surface area (TPSA) is 51.7 Å². The van der Waals surface area contributed by atoms with Gasteiger partial charge in [0.15, 0.2) is 0 Å². The molecule has 0 atom stereocenters. The smallest absolute Gasteiger partial charge is 0.322 e. The summed E-state index contributed by atoms with van der Waals surface area (Å²) in [6, 6.07) is 13.0. The van der Waals surface area contributed by atoms with Crippen LogP contribution in [0.1, 0.15) is 43.2 Å². The van der Waals surface area contributed by atoms with Crippen molar-refractivity contribution in [2.24, 2.45) is 0 Å². The Kier molecular flexibility index (Phi) is 4.93. The molecule has 0 bridgehead atoms. The number of urea groups is 1. The van der Waals surface area contributed by atoms with Gasteiger partial charge in [0.25, 0.3) is 0 Å². The van der Waals surface area contributed by atoms with Crippen molar-refractivity contribution in [1.82, 2.24) is 15.2 Å². The number of hydrogen-bond acceptors (Lipinski definition) is 4. The van der Waals surface area contributed by atoms with Crippen molar-refractivity contribution in [3.05, 3.63) is 53.7 Å². The Morgan fingerprint density at radius 1 is 1.06 bits per heavy atom. The molecule has 0 radical (unpaired) electrons. The third-order valence-electron chi connectivity index (χ3n) is 7.75. The van der Waals surface area contributed by atoms with E-state index in [2.05, 4.69) is 65.4 Å². The Hall–Kier alpha value is -2.60. The lowest BCUT2D eigenvalue weighted by molar-refractivity contribution is 0.0657. The van der Waals surface area contributed by atoms with E-state index in [9.17, 15) is 4.79 Å². The maximum absolute atomic E-state index is 12.9. The summed E-state index contributed by atoms with van der Waals surface area (Å²) >= 11 is 0. The number of anilines is 2. The maximum atomic E-state index is 12.9. The fourth-order valence-corrected chi connectivity index (χ4v) is 5.54. The van der Waals surface area contributed by atoms with Crippen LogP contribution in [0.15, 0.2) is 42.6 Å². The Labute approximate surface area is 185 Å². The molecule has 1 saturated carbocycles. The SMILES string of the molecule is Cc1cccc(C2(N(C)C)CCC3(CC2)CN(c2ccc(N4CCC4)nc2)C(=O)N3)c1. The van der Waals surface area contributed by atoms with Crippen LogP contribution >= 0.6 is 0 Å². The number of nitrogens with one attached hydrogen (secondary N) is 1. The van der Waals surface area contributed by atoms with Crippen molar-refractivity contribution in [3.8, 4) is 0 Å². The first-order valence-corrected chi connectivity index (χ1v) is 11.5. The lowest BCUT2D eigenvalue weighted by atomic mass is 9.68. The van der Waals surface area contributed by atoms with Gasteiger partial charge in [-0.1, -0.05) is 29.8 Å². The zero-order valence-corrected chi connectivity index (χ0v) is 18.9. The van der Waals surface area contributed by atoms with Gasteiger partial charge in [0.1, 0.15) is 5.82 Å². The van der Waals surface area contributed by atoms with Gasteiger partial charge < -0.3 is 10.2 Å². The highest BCUT2D eigenvalue weighted by molar-refractivity contribution is 5.95. The van der Waals surface area contributed by atoms with E-state index < -0.39 is 0 Å². The molecule has 3 aliphatic rings. The Bertz CT molecular complexity index is 958. The van der Waals surface area contributed by atoms with E-state index >= 15 is 0 Å². The highest BCUT2D eigenvalue weighted by Crippen LogP contribution is 2.46. The fraction of sp³-hybridized carbons (Fsp3) is 0.520. The Balaban J connectivity index is 1.32. The third kappa shape index (κ3) is 3.47. The minimum Gasteiger partial charge on any atom is -0.356 e. The summed E-state index contributed by atoms with van der Waals surface area (Å²) in [5, 5.41) is 3.35. The summed E-state index contributed by atoms with van der Waals surface area (Å²) < 4.78 is 0. The minimum atomic E-state index is -0.156. The molecule has 2 amide bonds. The number of benzene rings is 1. The standard InChI is InChI=1S/C25H33N5O/c1-19-6-4-7-20(16-19)25(28(2)3)12-10-24(11-13-25)18-30(23(31)27-24)21-8-9-22(26-17-21)29-14-5-15-29/h4,6-9,16-17H,5,10-15,18H2,1-3H3,(H,27,31). The molecule has 1 aromatic carbocycles. The van der Waals surface area contributed by atoms with Gasteiger partial charge in [-0.2, -0.15) is 0 Å². The van der Waals surface area contributed by atoms with E-state index in [1.165, 1.54) is 17.5 Å². The molecule has 1 spiro atoms. The van der Waals surface area contributed by atoms with E-state index in [-0.39, 0.29) is 17.1 Å². The second kappa shape index (κ2) is 7.52. The lowest BCUT2D eigenvalue weighted by Crippen LogP contribution is -2.54. The van der Waals surface area contributed by atoms with Crippen LogP contribution in [0.5, 0.6) is 0 Å². The molecular weight excluding hydrogens is 386 g/mol. The molecule has 31 heavy (non-hydrogen) atoms. The molecule has 2 aliphatic heterocycles. The zero-order valence-electron chi connectivity index (χ0n) is 18.9. The second-order valence-electron chi connectivity index (χ2n) is 9.81. The van der Waals surface area contributed by atoms with E-state index in [1.54, 1.807) is 0 Å². The van der Waals surface area contributed by atoms with E-state index in [0.29, 0.717) is 6.54 Å². The number of carbonyl (C=O) groups is 1. The number of hydrogen-bond donors (Lipinski definition) is 1. The third-order valence-corrected chi connectivity index (χ3v) is 7.75. The summed E-state index contributed by atoms with van der Waals surface area (Å²) in [4.78, 5) is 24.0. The molecule has 0 unspecified atom stereocenters. The number of pyridine rings is 1. The number of carbonyl (C=O) groups excluding carboxylic acids is 1. The predicted octanol–water partition coefficient (Wildman–Crippen LogP) is 3.90. The molecular formula is C25H33N5O. The molecule has 3 heterocycles. The van der Waals surface area contributed by atoms with Gasteiger partial charge in [0.05, 0.1) is 24.0 Å². The number of rotatable bonds is 4. The van der Waals surface area contributed by atoms with Crippen molar-refractivity contribution >= 4 is 17.5 Å². The summed E-state index contributed by atoms with van der Waals surface area (Å²) in [6.07, 6.45) is 7.10. The normalized spacial score (nSPS) is 28.2. The van der Waals surface area contributed by atoms with Gasteiger partial charge >= 0.3 is 6.03 Å². The van der Waals surface area contributed by atoms with Crippen molar-refractivity contribution in [1.29, 1.82) is 0 Å². The van der Waals surface area contributed by atoms with Crippen LogP contribution in [0, 0.1) is 6.92 Å². The van der Waals surface area contributed by atoms with Gasteiger partial charge in [-0.25, -0.2) is 9.78 Å². The van der Waals surface area contributed by atoms with Crippen molar-refractivity contribution in [3.63, 3.8) is 0 Å². The lowest BCUT2D eigenvalue weighted by Gasteiger charge is -2.48. The van der Waals surface area contributed by atoms with Crippen LogP contribution in [0.25, 0.3) is 0 Å². The molecule has 5 rings (SSSR count). The molecule has 6 heteroatoms.